The molecule has 1 N–H and O–H groups in total. The zero-order chi connectivity index (χ0) is 11.5. The molecule has 2 aromatic heterocycles. The molecule has 16 heavy (non-hydrogen) atoms. The molecule has 0 aliphatic heterocycles. The first-order chi connectivity index (χ1) is 7.70. The van der Waals surface area contributed by atoms with Crippen LogP contribution in [0, 0.1) is 19.3 Å². The molecule has 4 nitrogen and oxygen atoms in total. The van der Waals surface area contributed by atoms with E-state index in [1.54, 1.807) is 0 Å². The van der Waals surface area contributed by atoms with Crippen LogP contribution in [0.1, 0.15) is 19.0 Å². The van der Waals surface area contributed by atoms with Crippen molar-refractivity contribution >= 4 is 11.6 Å². The van der Waals surface area contributed by atoms with Crippen LogP contribution in [0.4, 0.5) is 5.95 Å². The molecular formula is C12H14N4. The van der Waals surface area contributed by atoms with Crippen LogP contribution in [0.3, 0.4) is 0 Å². The van der Waals surface area contributed by atoms with Gasteiger partial charge in [-0.1, -0.05) is 6.07 Å². The monoisotopic (exact) mass is 214 g/mol. The van der Waals surface area contributed by atoms with Gasteiger partial charge in [0, 0.05) is 18.2 Å². The molecule has 2 rings (SSSR count). The van der Waals surface area contributed by atoms with Crippen molar-refractivity contribution in [1.29, 1.82) is 0 Å². The summed E-state index contributed by atoms with van der Waals surface area (Å²) < 4.78 is 1.81. The first kappa shape index (κ1) is 10.5. The van der Waals surface area contributed by atoms with E-state index in [1.807, 2.05) is 36.6 Å². The zero-order valence-electron chi connectivity index (χ0n) is 9.44. The van der Waals surface area contributed by atoms with Gasteiger partial charge in [-0.2, -0.15) is 4.98 Å². The molecule has 0 saturated carbocycles. The van der Waals surface area contributed by atoms with Gasteiger partial charge in [-0.05, 0) is 26.0 Å². The van der Waals surface area contributed by atoms with Crippen LogP contribution in [0.15, 0.2) is 18.2 Å². The van der Waals surface area contributed by atoms with Crippen LogP contribution >= 0.6 is 0 Å². The van der Waals surface area contributed by atoms with Gasteiger partial charge in [-0.3, -0.25) is 0 Å². The van der Waals surface area contributed by atoms with Crippen LogP contribution in [0.25, 0.3) is 5.65 Å². The van der Waals surface area contributed by atoms with Crippen molar-refractivity contribution < 1.29 is 0 Å². The summed E-state index contributed by atoms with van der Waals surface area (Å²) >= 11 is 0. The molecule has 2 heterocycles. The van der Waals surface area contributed by atoms with E-state index in [1.165, 1.54) is 0 Å². The standard InChI is InChI=1S/C12H14N4/c1-4-6-9(2)13-12-14-11-8-5-7-10(3)16(11)15-12/h1,5,7-9H,6H2,2-3H3,(H,13,15). The fourth-order valence-corrected chi connectivity index (χ4v) is 1.54. The fourth-order valence-electron chi connectivity index (χ4n) is 1.54. The highest BCUT2D eigenvalue weighted by Gasteiger charge is 2.06. The molecule has 1 atom stereocenters. The minimum Gasteiger partial charge on any atom is -0.350 e. The molecule has 4 heteroatoms. The predicted octanol–water partition coefficient (Wildman–Crippen LogP) is 1.86. The minimum absolute atomic E-state index is 0.183. The molecule has 0 fully saturated rings. The van der Waals surface area contributed by atoms with Crippen LogP contribution < -0.4 is 5.32 Å². The van der Waals surface area contributed by atoms with Gasteiger partial charge in [0.1, 0.15) is 0 Å². The van der Waals surface area contributed by atoms with Crippen molar-refractivity contribution in [1.82, 2.24) is 14.6 Å². The summed E-state index contributed by atoms with van der Waals surface area (Å²) in [4.78, 5) is 4.37. The molecule has 0 aliphatic carbocycles. The lowest BCUT2D eigenvalue weighted by molar-refractivity contribution is 0.806. The van der Waals surface area contributed by atoms with E-state index in [-0.39, 0.29) is 6.04 Å². The van der Waals surface area contributed by atoms with Gasteiger partial charge in [-0.15, -0.1) is 17.4 Å². The molecular weight excluding hydrogens is 200 g/mol. The summed E-state index contributed by atoms with van der Waals surface area (Å²) in [6, 6.07) is 6.07. The number of aryl methyl sites for hydroxylation is 1. The molecule has 0 saturated heterocycles. The minimum atomic E-state index is 0.183. The maximum atomic E-state index is 5.25. The van der Waals surface area contributed by atoms with Gasteiger partial charge in [0.15, 0.2) is 5.65 Å². The number of pyridine rings is 1. The van der Waals surface area contributed by atoms with Crippen molar-refractivity contribution in [3.05, 3.63) is 23.9 Å². The topological polar surface area (TPSA) is 42.2 Å². The van der Waals surface area contributed by atoms with Crippen LogP contribution in [-0.2, 0) is 0 Å². The molecule has 0 bridgehead atoms. The number of anilines is 1. The van der Waals surface area contributed by atoms with Crippen LogP contribution in [0.5, 0.6) is 0 Å². The SMILES string of the molecule is C#CCC(C)Nc1nc2cccc(C)n2n1. The molecule has 0 spiro atoms. The molecule has 0 amide bonds. The number of fused-ring (bicyclic) bond motifs is 1. The zero-order valence-corrected chi connectivity index (χ0v) is 9.44. The third-order valence-corrected chi connectivity index (χ3v) is 2.35. The Bertz CT molecular complexity index is 535. The average Bonchev–Trinajstić information content (AvgIpc) is 2.62. The Kier molecular flexibility index (Phi) is 2.78. The van der Waals surface area contributed by atoms with E-state index in [0.29, 0.717) is 12.4 Å². The largest absolute Gasteiger partial charge is 0.350 e. The van der Waals surface area contributed by atoms with Gasteiger partial charge in [0.25, 0.3) is 0 Å². The second-order valence-electron chi connectivity index (χ2n) is 3.83. The Hall–Kier alpha value is -2.02. The van der Waals surface area contributed by atoms with E-state index in [2.05, 4.69) is 21.3 Å². The lowest BCUT2D eigenvalue weighted by atomic mass is 10.2. The molecule has 0 aliphatic rings. The van der Waals surface area contributed by atoms with E-state index >= 15 is 0 Å². The highest BCUT2D eigenvalue weighted by molar-refractivity contribution is 5.44. The average molecular weight is 214 g/mol. The van der Waals surface area contributed by atoms with Gasteiger partial charge in [0.2, 0.25) is 5.95 Å². The molecule has 1 unspecified atom stereocenters. The van der Waals surface area contributed by atoms with E-state index < -0.39 is 0 Å². The number of aromatic nitrogens is 3. The van der Waals surface area contributed by atoms with Crippen molar-refractivity contribution in [2.45, 2.75) is 26.3 Å². The Morgan fingerprint density at radius 3 is 3.06 bits per heavy atom. The summed E-state index contributed by atoms with van der Waals surface area (Å²) in [5, 5.41) is 7.53. The normalized spacial score (nSPS) is 12.3. The maximum Gasteiger partial charge on any atom is 0.243 e. The van der Waals surface area contributed by atoms with Gasteiger partial charge in [0.05, 0.1) is 0 Å². The Morgan fingerprint density at radius 2 is 2.38 bits per heavy atom. The van der Waals surface area contributed by atoms with Gasteiger partial charge >= 0.3 is 0 Å². The number of rotatable bonds is 3. The second-order valence-corrected chi connectivity index (χ2v) is 3.83. The Morgan fingerprint density at radius 1 is 1.56 bits per heavy atom. The second kappa shape index (κ2) is 4.23. The molecule has 0 aromatic carbocycles. The van der Waals surface area contributed by atoms with Crippen LogP contribution in [0.2, 0.25) is 0 Å². The van der Waals surface area contributed by atoms with E-state index in [0.717, 1.165) is 11.3 Å². The number of terminal acetylenes is 1. The third kappa shape index (κ3) is 1.98. The van der Waals surface area contributed by atoms with Crippen molar-refractivity contribution in [3.63, 3.8) is 0 Å². The first-order valence-electron chi connectivity index (χ1n) is 5.23. The third-order valence-electron chi connectivity index (χ3n) is 2.35. The van der Waals surface area contributed by atoms with E-state index in [4.69, 9.17) is 6.42 Å². The summed E-state index contributed by atoms with van der Waals surface area (Å²) in [7, 11) is 0. The summed E-state index contributed by atoms with van der Waals surface area (Å²) in [6.07, 6.45) is 5.91. The Labute approximate surface area is 94.7 Å². The first-order valence-corrected chi connectivity index (χ1v) is 5.23. The molecule has 2 aromatic rings. The van der Waals surface area contributed by atoms with Gasteiger partial charge < -0.3 is 5.32 Å². The maximum absolute atomic E-state index is 5.25. The summed E-state index contributed by atoms with van der Waals surface area (Å²) in [5.41, 5.74) is 1.90. The van der Waals surface area contributed by atoms with E-state index in [9.17, 15) is 0 Å². The quantitative estimate of drug-likeness (QED) is 0.793. The highest BCUT2D eigenvalue weighted by atomic mass is 15.4. The Balaban J connectivity index is 2.27. The van der Waals surface area contributed by atoms with Gasteiger partial charge in [-0.25, -0.2) is 4.52 Å². The number of hydrogen-bond donors (Lipinski definition) is 1. The highest BCUT2D eigenvalue weighted by Crippen LogP contribution is 2.09. The molecule has 82 valence electrons. The fraction of sp³-hybridized carbons (Fsp3) is 0.333. The summed E-state index contributed by atoms with van der Waals surface area (Å²) in [5.74, 6) is 3.23. The lowest BCUT2D eigenvalue weighted by Gasteiger charge is -2.07. The van der Waals surface area contributed by atoms with Crippen molar-refractivity contribution in [3.8, 4) is 12.3 Å². The van der Waals surface area contributed by atoms with Crippen LogP contribution in [-0.4, -0.2) is 20.6 Å². The van der Waals surface area contributed by atoms with Crippen molar-refractivity contribution in [2.24, 2.45) is 0 Å². The number of nitrogens with zero attached hydrogens (tertiary/aromatic N) is 3. The number of nitrogens with one attached hydrogen (secondary N) is 1. The smallest absolute Gasteiger partial charge is 0.243 e. The number of hydrogen-bond acceptors (Lipinski definition) is 3. The molecule has 0 radical (unpaired) electrons. The van der Waals surface area contributed by atoms with Crippen molar-refractivity contribution in [2.75, 3.05) is 5.32 Å². The predicted molar refractivity (Wildman–Crippen MR) is 64.3 cm³/mol. The lowest BCUT2D eigenvalue weighted by Crippen LogP contribution is -2.15. The summed E-state index contributed by atoms with van der Waals surface area (Å²) in [6.45, 7) is 4.01.